The summed E-state index contributed by atoms with van der Waals surface area (Å²) < 4.78 is 44.3. The molecule has 0 amide bonds. The summed E-state index contributed by atoms with van der Waals surface area (Å²) in [6.45, 7) is 7.59. The van der Waals surface area contributed by atoms with Crippen molar-refractivity contribution >= 4 is 11.5 Å². The predicted octanol–water partition coefficient (Wildman–Crippen LogP) is 5.15. The van der Waals surface area contributed by atoms with Crippen LogP contribution >= 0.6 is 0 Å². The molecule has 2 fully saturated rings. The molecule has 1 aliphatic carbocycles. The molecule has 5 rings (SSSR count). The van der Waals surface area contributed by atoms with Crippen molar-refractivity contribution in [2.75, 3.05) is 39.0 Å². The van der Waals surface area contributed by atoms with Crippen LogP contribution in [-0.2, 0) is 6.42 Å². The maximum Gasteiger partial charge on any atom is 0.573 e. The Bertz CT molecular complexity index is 1290. The van der Waals surface area contributed by atoms with Gasteiger partial charge in [0.1, 0.15) is 11.6 Å². The summed E-state index contributed by atoms with van der Waals surface area (Å²) in [5.41, 5.74) is 2.58. The van der Waals surface area contributed by atoms with Crippen LogP contribution in [0.15, 0.2) is 30.3 Å². The van der Waals surface area contributed by atoms with E-state index in [4.69, 9.17) is 5.10 Å². The molecule has 2 N–H and O–H groups in total. The molecule has 1 aliphatic heterocycles. The Morgan fingerprint density at radius 1 is 1.13 bits per heavy atom. The summed E-state index contributed by atoms with van der Waals surface area (Å²) in [7, 11) is 4.15. The molecule has 1 spiro atoms. The van der Waals surface area contributed by atoms with E-state index in [0.717, 1.165) is 56.7 Å². The van der Waals surface area contributed by atoms with Gasteiger partial charge in [0.15, 0.2) is 11.5 Å². The minimum absolute atomic E-state index is 0.0822. The molecule has 0 atom stereocenters. The Morgan fingerprint density at radius 2 is 1.87 bits per heavy atom. The number of nitrogens with zero attached hydrogens (tertiary/aromatic N) is 5. The second kappa shape index (κ2) is 10.6. The number of fused-ring (bicyclic) bond motifs is 1. The number of aryl methyl sites for hydroxylation is 1. The number of ether oxygens (including phenoxy) is 1. The van der Waals surface area contributed by atoms with E-state index < -0.39 is 6.36 Å². The first kappa shape index (κ1) is 27.6. The quantitative estimate of drug-likeness (QED) is 0.385. The van der Waals surface area contributed by atoms with E-state index in [0.29, 0.717) is 28.5 Å². The van der Waals surface area contributed by atoms with Crippen LogP contribution in [0.4, 0.5) is 19.0 Å². The summed E-state index contributed by atoms with van der Waals surface area (Å²) in [6, 6.07) is 8.20. The third kappa shape index (κ3) is 6.63. The van der Waals surface area contributed by atoms with Crippen LogP contribution in [0.1, 0.15) is 51.5 Å². The number of nitrogens with one attached hydrogen (secondary N) is 2. The molecular formula is C28H38F3N7O. The van der Waals surface area contributed by atoms with Gasteiger partial charge in [-0.2, -0.15) is 4.52 Å². The smallest absolute Gasteiger partial charge is 0.406 e. The van der Waals surface area contributed by atoms with Gasteiger partial charge in [0.25, 0.3) is 0 Å². The number of alkyl halides is 3. The van der Waals surface area contributed by atoms with E-state index in [1.54, 1.807) is 10.6 Å². The third-order valence-electron chi connectivity index (χ3n) is 7.96. The van der Waals surface area contributed by atoms with E-state index in [1.165, 1.54) is 31.0 Å². The van der Waals surface area contributed by atoms with Gasteiger partial charge in [-0.15, -0.1) is 28.5 Å². The lowest BCUT2D eigenvalue weighted by molar-refractivity contribution is -0.274. The lowest BCUT2D eigenvalue weighted by Gasteiger charge is -2.50. The lowest BCUT2D eigenvalue weighted by atomic mass is 9.60. The van der Waals surface area contributed by atoms with Crippen molar-refractivity contribution < 1.29 is 17.9 Å². The summed E-state index contributed by atoms with van der Waals surface area (Å²) in [4.78, 5) is 2.19. The van der Waals surface area contributed by atoms with Crippen LogP contribution in [0.25, 0.3) is 17.0 Å². The molecule has 11 heteroatoms. The van der Waals surface area contributed by atoms with Crippen LogP contribution in [0.2, 0.25) is 0 Å². The molecule has 0 radical (unpaired) electrons. The highest BCUT2D eigenvalue weighted by molar-refractivity contribution is 5.63. The Labute approximate surface area is 227 Å². The molecular weight excluding hydrogens is 507 g/mol. The molecule has 0 bridgehead atoms. The highest BCUT2D eigenvalue weighted by atomic mass is 19.4. The molecule has 0 unspecified atom stereocenters. The minimum atomic E-state index is -4.78. The van der Waals surface area contributed by atoms with E-state index in [-0.39, 0.29) is 11.2 Å². The van der Waals surface area contributed by atoms with Crippen LogP contribution in [0, 0.1) is 10.8 Å². The molecule has 212 valence electrons. The van der Waals surface area contributed by atoms with E-state index >= 15 is 0 Å². The molecule has 8 nitrogen and oxygen atoms in total. The number of rotatable bonds is 9. The zero-order valence-electron chi connectivity index (χ0n) is 23.1. The monoisotopic (exact) mass is 545 g/mol. The van der Waals surface area contributed by atoms with Crippen LogP contribution in [0.5, 0.6) is 5.75 Å². The number of anilines is 1. The average molecular weight is 546 g/mol. The Hall–Kier alpha value is -2.92. The van der Waals surface area contributed by atoms with Gasteiger partial charge < -0.3 is 20.3 Å². The number of benzene rings is 1. The largest absolute Gasteiger partial charge is 0.573 e. The molecule has 1 aromatic carbocycles. The fourth-order valence-corrected chi connectivity index (χ4v) is 6.28. The van der Waals surface area contributed by atoms with Gasteiger partial charge in [-0.3, -0.25) is 0 Å². The van der Waals surface area contributed by atoms with Gasteiger partial charge in [0, 0.05) is 23.7 Å². The normalized spacial score (nSPS) is 18.1. The molecule has 39 heavy (non-hydrogen) atoms. The molecule has 2 aliphatic rings. The molecule has 2 aromatic heterocycles. The SMILES string of the molecule is CN(C)CC(C)(C)CCc1cc(NC2CC3(CCNCC3)C2)nn2c(-c3cccc(OC(F)(F)F)c3)nnc12. The number of hydrogen-bond donors (Lipinski definition) is 2. The highest BCUT2D eigenvalue weighted by Gasteiger charge is 2.44. The first-order chi connectivity index (χ1) is 18.4. The van der Waals surface area contributed by atoms with Crippen molar-refractivity contribution in [2.45, 2.75) is 64.8 Å². The zero-order chi connectivity index (χ0) is 27.8. The van der Waals surface area contributed by atoms with Gasteiger partial charge in [-0.25, -0.2) is 0 Å². The topological polar surface area (TPSA) is 79.6 Å². The number of halogens is 3. The van der Waals surface area contributed by atoms with Crippen molar-refractivity contribution in [2.24, 2.45) is 10.8 Å². The zero-order valence-corrected chi connectivity index (χ0v) is 23.1. The summed E-state index contributed by atoms with van der Waals surface area (Å²) in [5.74, 6) is 0.803. The maximum absolute atomic E-state index is 12.8. The molecule has 1 saturated carbocycles. The predicted molar refractivity (Wildman–Crippen MR) is 145 cm³/mol. The second-order valence-electron chi connectivity index (χ2n) is 12.3. The molecule has 3 aromatic rings. The molecule has 1 saturated heterocycles. The number of aromatic nitrogens is 4. The third-order valence-corrected chi connectivity index (χ3v) is 7.96. The van der Waals surface area contributed by atoms with Gasteiger partial charge in [0.2, 0.25) is 0 Å². The van der Waals surface area contributed by atoms with Gasteiger partial charge in [0.05, 0.1) is 0 Å². The average Bonchev–Trinajstić information content (AvgIpc) is 3.25. The van der Waals surface area contributed by atoms with Crippen molar-refractivity contribution in [3.05, 3.63) is 35.9 Å². The summed E-state index contributed by atoms with van der Waals surface area (Å²) in [6.07, 6.45) is 1.57. The fourth-order valence-electron chi connectivity index (χ4n) is 6.28. The maximum atomic E-state index is 12.8. The van der Waals surface area contributed by atoms with Crippen molar-refractivity contribution in [3.8, 4) is 17.1 Å². The van der Waals surface area contributed by atoms with E-state index in [9.17, 15) is 13.2 Å². The fraction of sp³-hybridized carbons (Fsp3) is 0.607. The van der Waals surface area contributed by atoms with Crippen molar-refractivity contribution in [1.82, 2.24) is 30.0 Å². The lowest BCUT2D eigenvalue weighted by Crippen LogP contribution is -2.50. The number of hydrogen-bond acceptors (Lipinski definition) is 7. The van der Waals surface area contributed by atoms with Crippen LogP contribution in [-0.4, -0.2) is 70.8 Å². The van der Waals surface area contributed by atoms with Crippen molar-refractivity contribution in [3.63, 3.8) is 0 Å². The van der Waals surface area contributed by atoms with Crippen LogP contribution in [0.3, 0.4) is 0 Å². The number of piperidine rings is 1. The van der Waals surface area contributed by atoms with Gasteiger partial charge in [-0.05, 0) is 94.7 Å². The molecule has 3 heterocycles. The van der Waals surface area contributed by atoms with E-state index in [1.807, 2.05) is 0 Å². The summed E-state index contributed by atoms with van der Waals surface area (Å²) in [5, 5.41) is 20.7. The Balaban J connectivity index is 1.45. The van der Waals surface area contributed by atoms with Crippen LogP contribution < -0.4 is 15.4 Å². The summed E-state index contributed by atoms with van der Waals surface area (Å²) >= 11 is 0. The Morgan fingerprint density at radius 3 is 2.56 bits per heavy atom. The van der Waals surface area contributed by atoms with E-state index in [2.05, 4.69) is 64.5 Å². The highest BCUT2D eigenvalue weighted by Crippen LogP contribution is 2.48. The van der Waals surface area contributed by atoms with Gasteiger partial charge >= 0.3 is 6.36 Å². The second-order valence-corrected chi connectivity index (χ2v) is 12.3. The first-order valence-corrected chi connectivity index (χ1v) is 13.6. The first-order valence-electron chi connectivity index (χ1n) is 13.6. The van der Waals surface area contributed by atoms with Gasteiger partial charge in [-0.1, -0.05) is 26.0 Å². The Kier molecular flexibility index (Phi) is 7.49. The minimum Gasteiger partial charge on any atom is -0.406 e. The standard InChI is InChI=1S/C28H38F3N7O/c1-26(2,18-37(3)4)9-8-20-15-23(33-21-16-27(17-21)10-12-32-13-11-27)36-38-24(34-35-25(20)38)19-6-5-7-22(14-19)39-28(29,30)31/h5-7,14-15,21,32H,8-13,16-18H2,1-4H3,(H,33,36). The van der Waals surface area contributed by atoms with Crippen molar-refractivity contribution in [1.29, 1.82) is 0 Å².